The summed E-state index contributed by atoms with van der Waals surface area (Å²) in [4.78, 5) is 10.6. The van der Waals surface area contributed by atoms with E-state index < -0.39 is 12.3 Å². The summed E-state index contributed by atoms with van der Waals surface area (Å²) >= 11 is 0. The second-order valence-corrected chi connectivity index (χ2v) is 4.85. The Kier molecular flexibility index (Phi) is 4.95. The van der Waals surface area contributed by atoms with E-state index in [0.29, 0.717) is 25.0 Å². The van der Waals surface area contributed by atoms with Crippen LogP contribution >= 0.6 is 0 Å². The molecule has 0 aliphatic rings. The van der Waals surface area contributed by atoms with E-state index >= 15 is 0 Å². The number of rotatable bonds is 7. The van der Waals surface area contributed by atoms with Crippen LogP contribution in [-0.4, -0.2) is 22.5 Å². The van der Waals surface area contributed by atoms with Crippen LogP contribution in [0.4, 0.5) is 0 Å². The number of ether oxygens (including phenoxy) is 1. The third kappa shape index (κ3) is 4.07. The van der Waals surface area contributed by atoms with Crippen molar-refractivity contribution < 1.29 is 19.7 Å². The molecule has 0 aliphatic carbocycles. The number of aliphatic hydroxyl groups excluding tert-OH is 1. The van der Waals surface area contributed by atoms with E-state index in [9.17, 15) is 9.90 Å². The highest BCUT2D eigenvalue weighted by molar-refractivity contribution is 5.88. The number of carboxylic acids is 1. The number of fused-ring (bicyclic) bond motifs is 1. The monoisotopic (exact) mass is 286 g/mol. The van der Waals surface area contributed by atoms with Gasteiger partial charge in [0.15, 0.2) is 6.29 Å². The summed E-state index contributed by atoms with van der Waals surface area (Å²) in [5.41, 5.74) is 0.146. The summed E-state index contributed by atoms with van der Waals surface area (Å²) in [6.07, 6.45) is 0.245. The molecule has 0 amide bonds. The lowest BCUT2D eigenvalue weighted by Gasteiger charge is -2.15. The predicted octanol–water partition coefficient (Wildman–Crippen LogP) is 3.35. The van der Waals surface area contributed by atoms with E-state index in [1.165, 1.54) is 0 Å². The largest absolute Gasteiger partial charge is 0.478 e. The summed E-state index contributed by atoms with van der Waals surface area (Å²) < 4.78 is 5.55. The summed E-state index contributed by atoms with van der Waals surface area (Å²) in [5, 5.41) is 20.6. The highest BCUT2D eigenvalue weighted by Gasteiger charge is 2.10. The third-order valence-corrected chi connectivity index (χ3v) is 3.24. The Bertz CT molecular complexity index is 643. The second-order valence-electron chi connectivity index (χ2n) is 4.85. The van der Waals surface area contributed by atoms with Crippen LogP contribution in [0.25, 0.3) is 10.8 Å². The third-order valence-electron chi connectivity index (χ3n) is 3.24. The first-order valence-corrected chi connectivity index (χ1v) is 6.81. The lowest BCUT2D eigenvalue weighted by atomic mass is 10.1. The number of aliphatic hydroxyl groups is 1. The molecule has 1 unspecified atom stereocenters. The molecule has 0 aromatic heterocycles. The molecule has 2 aromatic carbocycles. The van der Waals surface area contributed by atoms with Gasteiger partial charge < -0.3 is 14.9 Å². The van der Waals surface area contributed by atoms with Crippen molar-refractivity contribution in [3.05, 3.63) is 54.6 Å². The SMILES string of the molecule is C=C(CCCC(O)Oc1cccc2ccccc12)C(=O)O. The molecule has 2 aromatic rings. The van der Waals surface area contributed by atoms with E-state index in [0.717, 1.165) is 10.8 Å². The van der Waals surface area contributed by atoms with Crippen LogP contribution in [0.1, 0.15) is 19.3 Å². The summed E-state index contributed by atoms with van der Waals surface area (Å²) in [6.45, 7) is 3.45. The van der Waals surface area contributed by atoms with Gasteiger partial charge in [0.2, 0.25) is 0 Å². The fraction of sp³-hybridized carbons (Fsp3) is 0.235. The Balaban J connectivity index is 1.94. The van der Waals surface area contributed by atoms with Crippen molar-refractivity contribution in [2.24, 2.45) is 0 Å². The van der Waals surface area contributed by atoms with Gasteiger partial charge in [-0.05, 0) is 24.3 Å². The normalized spacial score (nSPS) is 12.0. The van der Waals surface area contributed by atoms with Gasteiger partial charge in [-0.15, -0.1) is 0 Å². The maximum atomic E-state index is 10.6. The zero-order chi connectivity index (χ0) is 15.2. The smallest absolute Gasteiger partial charge is 0.330 e. The van der Waals surface area contributed by atoms with Crippen molar-refractivity contribution >= 4 is 16.7 Å². The standard InChI is InChI=1S/C17H18O4/c1-12(17(19)20)6-4-11-16(18)21-15-10-5-8-13-7-2-3-9-14(13)15/h2-3,5,7-10,16,18H,1,4,6,11H2,(H,19,20). The van der Waals surface area contributed by atoms with Gasteiger partial charge in [0.1, 0.15) is 5.75 Å². The van der Waals surface area contributed by atoms with Gasteiger partial charge in [0.05, 0.1) is 0 Å². The topological polar surface area (TPSA) is 66.8 Å². The number of carboxylic acid groups (broad SMARTS) is 1. The van der Waals surface area contributed by atoms with Crippen LogP contribution < -0.4 is 4.74 Å². The molecule has 0 aliphatic heterocycles. The highest BCUT2D eigenvalue weighted by atomic mass is 16.6. The van der Waals surface area contributed by atoms with Gasteiger partial charge in [-0.2, -0.15) is 0 Å². The lowest BCUT2D eigenvalue weighted by molar-refractivity contribution is -0.132. The van der Waals surface area contributed by atoms with Crippen LogP contribution in [0.3, 0.4) is 0 Å². The van der Waals surface area contributed by atoms with Gasteiger partial charge in [0, 0.05) is 17.4 Å². The van der Waals surface area contributed by atoms with Crippen molar-refractivity contribution in [3.8, 4) is 5.75 Å². The average molecular weight is 286 g/mol. The summed E-state index contributed by atoms with van der Waals surface area (Å²) in [7, 11) is 0. The zero-order valence-corrected chi connectivity index (χ0v) is 11.7. The molecule has 0 bridgehead atoms. The molecular weight excluding hydrogens is 268 g/mol. The van der Waals surface area contributed by atoms with E-state index in [1.54, 1.807) is 0 Å². The van der Waals surface area contributed by atoms with Crippen molar-refractivity contribution in [1.82, 2.24) is 0 Å². The van der Waals surface area contributed by atoms with Crippen LogP contribution in [0.5, 0.6) is 5.75 Å². The minimum Gasteiger partial charge on any atom is -0.478 e. The van der Waals surface area contributed by atoms with Crippen LogP contribution in [0.2, 0.25) is 0 Å². The van der Waals surface area contributed by atoms with Gasteiger partial charge in [-0.1, -0.05) is 43.0 Å². The Labute approximate surface area is 123 Å². The fourth-order valence-electron chi connectivity index (χ4n) is 2.10. The van der Waals surface area contributed by atoms with Crippen molar-refractivity contribution in [2.45, 2.75) is 25.6 Å². The summed E-state index contributed by atoms with van der Waals surface area (Å²) in [5.74, 6) is -0.378. The van der Waals surface area contributed by atoms with E-state index in [-0.39, 0.29) is 5.57 Å². The van der Waals surface area contributed by atoms with Crippen LogP contribution in [-0.2, 0) is 4.79 Å². The average Bonchev–Trinajstić information content (AvgIpc) is 2.47. The molecule has 21 heavy (non-hydrogen) atoms. The molecule has 2 rings (SSSR count). The Morgan fingerprint density at radius 2 is 1.90 bits per heavy atom. The van der Waals surface area contributed by atoms with Gasteiger partial charge >= 0.3 is 5.97 Å². The zero-order valence-electron chi connectivity index (χ0n) is 11.7. The number of aliphatic carboxylic acids is 1. The lowest BCUT2D eigenvalue weighted by Crippen LogP contribution is -2.15. The number of hydrogen-bond donors (Lipinski definition) is 2. The maximum Gasteiger partial charge on any atom is 0.330 e. The molecule has 0 heterocycles. The van der Waals surface area contributed by atoms with E-state index in [2.05, 4.69) is 6.58 Å². The number of hydrogen-bond acceptors (Lipinski definition) is 3. The molecular formula is C17H18O4. The molecule has 0 saturated carbocycles. The molecule has 0 spiro atoms. The first-order chi connectivity index (χ1) is 10.1. The van der Waals surface area contributed by atoms with Crippen molar-refractivity contribution in [1.29, 1.82) is 0 Å². The predicted molar refractivity (Wildman–Crippen MR) is 81.2 cm³/mol. The van der Waals surface area contributed by atoms with Crippen molar-refractivity contribution in [3.63, 3.8) is 0 Å². The fourth-order valence-corrected chi connectivity index (χ4v) is 2.10. The number of carbonyl (C=O) groups is 1. The molecule has 0 radical (unpaired) electrons. The quantitative estimate of drug-likeness (QED) is 0.605. The first kappa shape index (κ1) is 15.1. The molecule has 2 N–H and O–H groups in total. The molecule has 4 nitrogen and oxygen atoms in total. The maximum absolute atomic E-state index is 10.6. The molecule has 4 heteroatoms. The Hall–Kier alpha value is -2.33. The van der Waals surface area contributed by atoms with Crippen LogP contribution in [0.15, 0.2) is 54.6 Å². The second kappa shape index (κ2) is 6.90. The molecule has 0 fully saturated rings. The highest BCUT2D eigenvalue weighted by Crippen LogP contribution is 2.26. The molecule has 1 atom stereocenters. The van der Waals surface area contributed by atoms with E-state index in [4.69, 9.17) is 9.84 Å². The first-order valence-electron chi connectivity index (χ1n) is 6.81. The minimum absolute atomic E-state index is 0.146. The van der Waals surface area contributed by atoms with Crippen LogP contribution in [0, 0.1) is 0 Å². The van der Waals surface area contributed by atoms with Gasteiger partial charge in [0.25, 0.3) is 0 Å². The van der Waals surface area contributed by atoms with E-state index in [1.807, 2.05) is 42.5 Å². The molecule has 110 valence electrons. The van der Waals surface area contributed by atoms with Crippen molar-refractivity contribution in [2.75, 3.05) is 0 Å². The minimum atomic E-state index is -1.00. The number of benzene rings is 2. The Morgan fingerprint density at radius 3 is 2.67 bits per heavy atom. The van der Waals surface area contributed by atoms with Gasteiger partial charge in [-0.25, -0.2) is 4.79 Å². The molecule has 0 saturated heterocycles. The summed E-state index contributed by atoms with van der Waals surface area (Å²) in [6, 6.07) is 13.4. The van der Waals surface area contributed by atoms with Gasteiger partial charge in [-0.3, -0.25) is 0 Å². The Morgan fingerprint density at radius 1 is 1.19 bits per heavy atom.